The molecule has 128 valence electrons. The standard InChI is InChI=1S/C18H24N4O2/c1-12-10-20-15(13(2)16(12)24-6)11-22(5)18(23)14-8-7-9-19-17(14)21(3)4/h7-10H,11H2,1-6H3. The van der Waals surface area contributed by atoms with Gasteiger partial charge in [-0.25, -0.2) is 4.98 Å². The second kappa shape index (κ2) is 7.29. The molecule has 0 N–H and O–H groups in total. The summed E-state index contributed by atoms with van der Waals surface area (Å²) >= 11 is 0. The summed E-state index contributed by atoms with van der Waals surface area (Å²) in [4.78, 5) is 25.0. The van der Waals surface area contributed by atoms with E-state index in [4.69, 9.17) is 4.74 Å². The van der Waals surface area contributed by atoms with E-state index in [2.05, 4.69) is 9.97 Å². The molecule has 0 fully saturated rings. The monoisotopic (exact) mass is 328 g/mol. The Balaban J connectivity index is 2.28. The van der Waals surface area contributed by atoms with Gasteiger partial charge in [-0.05, 0) is 26.0 Å². The zero-order valence-corrected chi connectivity index (χ0v) is 15.1. The van der Waals surface area contributed by atoms with Crippen molar-refractivity contribution >= 4 is 11.7 Å². The Kier molecular flexibility index (Phi) is 5.39. The fourth-order valence-corrected chi connectivity index (χ4v) is 2.65. The van der Waals surface area contributed by atoms with Crippen LogP contribution in [0.15, 0.2) is 24.5 Å². The van der Waals surface area contributed by atoms with E-state index in [1.165, 1.54) is 0 Å². The second-order valence-corrected chi connectivity index (χ2v) is 5.98. The zero-order chi connectivity index (χ0) is 17.9. The number of ether oxygens (including phenoxy) is 1. The number of aromatic nitrogens is 2. The average Bonchev–Trinajstić information content (AvgIpc) is 2.57. The molecule has 6 nitrogen and oxygen atoms in total. The van der Waals surface area contributed by atoms with Gasteiger partial charge in [-0.1, -0.05) is 0 Å². The highest BCUT2D eigenvalue weighted by Crippen LogP contribution is 2.25. The van der Waals surface area contributed by atoms with Crippen LogP contribution < -0.4 is 9.64 Å². The number of nitrogens with zero attached hydrogens (tertiary/aromatic N) is 4. The Labute approximate surface area is 143 Å². The number of rotatable bonds is 5. The number of hydrogen-bond acceptors (Lipinski definition) is 5. The van der Waals surface area contributed by atoms with Crippen LogP contribution in [0, 0.1) is 13.8 Å². The lowest BCUT2D eigenvalue weighted by atomic mass is 10.1. The predicted octanol–water partition coefficient (Wildman–Crippen LogP) is 2.44. The van der Waals surface area contributed by atoms with E-state index in [1.807, 2.05) is 32.8 Å². The Bertz CT molecular complexity index is 744. The molecule has 2 aromatic rings. The third kappa shape index (κ3) is 3.48. The van der Waals surface area contributed by atoms with Gasteiger partial charge in [0.1, 0.15) is 11.6 Å². The van der Waals surface area contributed by atoms with Crippen molar-refractivity contribution in [2.75, 3.05) is 33.2 Å². The number of hydrogen-bond donors (Lipinski definition) is 0. The van der Waals surface area contributed by atoms with Crippen LogP contribution in [0.2, 0.25) is 0 Å². The maximum atomic E-state index is 12.8. The van der Waals surface area contributed by atoms with Crippen LogP contribution in [-0.2, 0) is 6.54 Å². The van der Waals surface area contributed by atoms with Gasteiger partial charge in [-0.3, -0.25) is 9.78 Å². The van der Waals surface area contributed by atoms with Crippen molar-refractivity contribution in [1.82, 2.24) is 14.9 Å². The minimum Gasteiger partial charge on any atom is -0.496 e. The van der Waals surface area contributed by atoms with Gasteiger partial charge in [0.25, 0.3) is 5.91 Å². The smallest absolute Gasteiger partial charge is 0.257 e. The van der Waals surface area contributed by atoms with Crippen LogP contribution in [0.4, 0.5) is 5.82 Å². The quantitative estimate of drug-likeness (QED) is 0.844. The SMILES string of the molecule is COc1c(C)cnc(CN(C)C(=O)c2cccnc2N(C)C)c1C. The Hall–Kier alpha value is -2.63. The molecule has 0 bridgehead atoms. The second-order valence-electron chi connectivity index (χ2n) is 5.98. The van der Waals surface area contributed by atoms with Crippen LogP contribution in [-0.4, -0.2) is 49.0 Å². The molecule has 2 aromatic heterocycles. The fraction of sp³-hybridized carbons (Fsp3) is 0.389. The van der Waals surface area contributed by atoms with Gasteiger partial charge in [0.15, 0.2) is 0 Å². The number of amides is 1. The molecule has 0 aliphatic heterocycles. The van der Waals surface area contributed by atoms with E-state index in [9.17, 15) is 4.79 Å². The average molecular weight is 328 g/mol. The molecule has 6 heteroatoms. The molecule has 2 rings (SSSR count). The molecule has 0 unspecified atom stereocenters. The Morgan fingerprint density at radius 1 is 1.21 bits per heavy atom. The summed E-state index contributed by atoms with van der Waals surface area (Å²) in [6, 6.07) is 3.56. The summed E-state index contributed by atoms with van der Waals surface area (Å²) in [6.07, 6.45) is 3.46. The Morgan fingerprint density at radius 2 is 1.92 bits per heavy atom. The lowest BCUT2D eigenvalue weighted by Crippen LogP contribution is -2.29. The molecule has 1 amide bonds. The predicted molar refractivity (Wildman–Crippen MR) is 94.6 cm³/mol. The van der Waals surface area contributed by atoms with Crippen molar-refractivity contribution in [2.24, 2.45) is 0 Å². The summed E-state index contributed by atoms with van der Waals surface area (Å²) in [5.74, 6) is 1.38. The zero-order valence-electron chi connectivity index (χ0n) is 15.1. The summed E-state index contributed by atoms with van der Waals surface area (Å²) in [7, 11) is 7.15. The Morgan fingerprint density at radius 3 is 2.54 bits per heavy atom. The first-order valence-corrected chi connectivity index (χ1v) is 7.73. The molecule has 0 aliphatic carbocycles. The number of carbonyl (C=O) groups excluding carboxylic acids is 1. The maximum Gasteiger partial charge on any atom is 0.257 e. The molecule has 0 saturated heterocycles. The van der Waals surface area contributed by atoms with E-state index in [-0.39, 0.29) is 5.91 Å². The van der Waals surface area contributed by atoms with Crippen molar-refractivity contribution < 1.29 is 9.53 Å². The first-order chi connectivity index (χ1) is 11.4. The van der Waals surface area contributed by atoms with Crippen LogP contribution in [0.25, 0.3) is 0 Å². The lowest BCUT2D eigenvalue weighted by Gasteiger charge is -2.22. The molecule has 0 saturated carbocycles. The van der Waals surface area contributed by atoms with Gasteiger partial charge in [-0.15, -0.1) is 0 Å². The highest BCUT2D eigenvalue weighted by atomic mass is 16.5. The summed E-state index contributed by atoms with van der Waals surface area (Å²) < 4.78 is 5.43. The number of methoxy groups -OCH3 is 1. The van der Waals surface area contributed by atoms with Gasteiger partial charge in [0.2, 0.25) is 0 Å². The minimum absolute atomic E-state index is 0.0902. The summed E-state index contributed by atoms with van der Waals surface area (Å²) in [5.41, 5.74) is 3.33. The number of aryl methyl sites for hydroxylation is 1. The first-order valence-electron chi connectivity index (χ1n) is 7.73. The van der Waals surface area contributed by atoms with E-state index in [1.54, 1.807) is 43.6 Å². The number of carbonyl (C=O) groups is 1. The third-order valence-corrected chi connectivity index (χ3v) is 3.92. The van der Waals surface area contributed by atoms with Crippen LogP contribution in [0.5, 0.6) is 5.75 Å². The van der Waals surface area contributed by atoms with Crippen LogP contribution >= 0.6 is 0 Å². The van der Waals surface area contributed by atoms with Crippen molar-refractivity contribution in [3.63, 3.8) is 0 Å². The number of anilines is 1. The van der Waals surface area contributed by atoms with Crippen molar-refractivity contribution in [3.8, 4) is 5.75 Å². The van der Waals surface area contributed by atoms with Crippen molar-refractivity contribution in [3.05, 3.63) is 46.9 Å². The molecule has 0 spiro atoms. The highest BCUT2D eigenvalue weighted by molar-refractivity contribution is 5.98. The molecule has 0 atom stereocenters. The summed E-state index contributed by atoms with van der Waals surface area (Å²) in [5, 5.41) is 0. The molecule has 0 aliphatic rings. The van der Waals surface area contributed by atoms with Gasteiger partial charge in [0.05, 0.1) is 24.9 Å². The fourth-order valence-electron chi connectivity index (χ4n) is 2.65. The molecular formula is C18H24N4O2. The van der Waals surface area contributed by atoms with Crippen LogP contribution in [0.1, 0.15) is 27.2 Å². The minimum atomic E-state index is -0.0902. The van der Waals surface area contributed by atoms with E-state index in [0.29, 0.717) is 17.9 Å². The van der Waals surface area contributed by atoms with Crippen LogP contribution in [0.3, 0.4) is 0 Å². The molecule has 0 aromatic carbocycles. The lowest BCUT2D eigenvalue weighted by molar-refractivity contribution is 0.0783. The molecular weight excluding hydrogens is 304 g/mol. The highest BCUT2D eigenvalue weighted by Gasteiger charge is 2.19. The normalized spacial score (nSPS) is 10.4. The molecule has 24 heavy (non-hydrogen) atoms. The van der Waals surface area contributed by atoms with Gasteiger partial charge in [0, 0.05) is 44.7 Å². The largest absolute Gasteiger partial charge is 0.496 e. The van der Waals surface area contributed by atoms with E-state index in [0.717, 1.165) is 22.6 Å². The van der Waals surface area contributed by atoms with E-state index < -0.39 is 0 Å². The van der Waals surface area contributed by atoms with E-state index >= 15 is 0 Å². The molecule has 0 radical (unpaired) electrons. The first kappa shape index (κ1) is 17.7. The van der Waals surface area contributed by atoms with Gasteiger partial charge in [-0.2, -0.15) is 0 Å². The summed E-state index contributed by atoms with van der Waals surface area (Å²) in [6.45, 7) is 4.32. The topological polar surface area (TPSA) is 58.6 Å². The number of pyridine rings is 2. The third-order valence-electron chi connectivity index (χ3n) is 3.92. The van der Waals surface area contributed by atoms with Gasteiger partial charge < -0.3 is 14.5 Å². The van der Waals surface area contributed by atoms with Crippen molar-refractivity contribution in [2.45, 2.75) is 20.4 Å². The van der Waals surface area contributed by atoms with Gasteiger partial charge >= 0.3 is 0 Å². The molecule has 2 heterocycles. The van der Waals surface area contributed by atoms with Crippen molar-refractivity contribution in [1.29, 1.82) is 0 Å². The maximum absolute atomic E-state index is 12.8.